The number of aromatic nitrogens is 5. The van der Waals surface area contributed by atoms with Crippen molar-refractivity contribution in [1.82, 2.24) is 29.5 Å². The number of ether oxygens (including phenoxy) is 2. The predicted octanol–water partition coefficient (Wildman–Crippen LogP) is 3.55. The zero-order valence-electron chi connectivity index (χ0n) is 19.4. The summed E-state index contributed by atoms with van der Waals surface area (Å²) in [4.78, 5) is 32.3. The second kappa shape index (κ2) is 8.87. The molecule has 1 N–H and O–H groups in total. The van der Waals surface area contributed by atoms with Gasteiger partial charge in [0.05, 0.1) is 23.6 Å². The highest BCUT2D eigenvalue weighted by atomic mass is 19.4. The quantitative estimate of drug-likeness (QED) is 0.318. The van der Waals surface area contributed by atoms with Crippen LogP contribution in [0.3, 0.4) is 0 Å². The van der Waals surface area contributed by atoms with E-state index >= 15 is 0 Å². The van der Waals surface area contributed by atoms with E-state index in [0.717, 1.165) is 10.6 Å². The molecule has 0 radical (unpaired) electrons. The van der Waals surface area contributed by atoms with Gasteiger partial charge in [0.2, 0.25) is 0 Å². The van der Waals surface area contributed by atoms with Crippen LogP contribution in [-0.2, 0) is 20.0 Å². The van der Waals surface area contributed by atoms with Crippen LogP contribution < -0.4 is 14.8 Å². The van der Waals surface area contributed by atoms with Crippen molar-refractivity contribution in [2.75, 3.05) is 6.61 Å². The van der Waals surface area contributed by atoms with Gasteiger partial charge in [-0.1, -0.05) is 0 Å². The number of hydrogen-bond acceptors (Lipinski definition) is 7. The number of benzene rings is 1. The number of fused-ring (bicyclic) bond motifs is 2. The number of imidazole rings is 1. The van der Waals surface area contributed by atoms with E-state index in [1.807, 2.05) is 0 Å². The van der Waals surface area contributed by atoms with Crippen molar-refractivity contribution in [3.05, 3.63) is 58.9 Å². The van der Waals surface area contributed by atoms with Crippen LogP contribution in [0.25, 0.3) is 16.9 Å². The minimum atomic E-state index is -5.17. The Kier molecular flexibility index (Phi) is 5.80. The van der Waals surface area contributed by atoms with Crippen molar-refractivity contribution >= 4 is 17.5 Å². The summed E-state index contributed by atoms with van der Waals surface area (Å²) in [5.74, 6) is -2.18. The van der Waals surface area contributed by atoms with E-state index in [0.29, 0.717) is 35.7 Å². The zero-order valence-corrected chi connectivity index (χ0v) is 19.4. The van der Waals surface area contributed by atoms with E-state index in [9.17, 15) is 27.2 Å². The van der Waals surface area contributed by atoms with Gasteiger partial charge in [-0.2, -0.15) is 18.3 Å². The van der Waals surface area contributed by atoms with Gasteiger partial charge in [-0.3, -0.25) is 13.9 Å². The minimum Gasteiger partial charge on any atom is -0.493 e. The van der Waals surface area contributed by atoms with Crippen LogP contribution in [0.4, 0.5) is 22.4 Å². The molecule has 0 spiro atoms. The molecule has 1 aliphatic rings. The lowest BCUT2D eigenvalue weighted by Crippen LogP contribution is -2.28. The summed E-state index contributed by atoms with van der Waals surface area (Å²) in [5, 5.41) is 6.60. The van der Waals surface area contributed by atoms with Crippen LogP contribution in [0.15, 0.2) is 30.6 Å². The third kappa shape index (κ3) is 4.45. The Morgan fingerprint density at radius 3 is 2.76 bits per heavy atom. The van der Waals surface area contributed by atoms with Gasteiger partial charge in [0, 0.05) is 43.5 Å². The van der Waals surface area contributed by atoms with Crippen LogP contribution in [0, 0.1) is 12.7 Å². The summed E-state index contributed by atoms with van der Waals surface area (Å²) in [6, 6.07) is 3.93. The molecule has 0 unspecified atom stereocenters. The molecule has 0 saturated heterocycles. The van der Waals surface area contributed by atoms with Crippen molar-refractivity contribution in [3.8, 4) is 23.0 Å². The number of halogens is 4. The molecule has 0 fully saturated rings. The molecule has 3 aromatic heterocycles. The van der Waals surface area contributed by atoms with E-state index in [4.69, 9.17) is 9.47 Å². The van der Waals surface area contributed by atoms with Crippen LogP contribution in [-0.4, -0.2) is 48.8 Å². The highest BCUT2D eigenvalue weighted by Crippen LogP contribution is 2.31. The maximum absolute atomic E-state index is 14.3. The molecule has 4 heterocycles. The van der Waals surface area contributed by atoms with E-state index in [-0.39, 0.29) is 23.3 Å². The largest absolute Gasteiger partial charge is 0.493 e. The number of rotatable bonds is 5. The molecule has 1 aliphatic heterocycles. The predicted molar refractivity (Wildman–Crippen MR) is 119 cm³/mol. The van der Waals surface area contributed by atoms with Gasteiger partial charge in [-0.15, -0.1) is 0 Å². The number of carbonyl (C=O) groups excluding carboxylic acids is 2. The van der Waals surface area contributed by atoms with E-state index in [2.05, 4.69) is 20.4 Å². The van der Waals surface area contributed by atoms with Crippen LogP contribution in [0.1, 0.15) is 27.3 Å². The third-order valence-corrected chi connectivity index (χ3v) is 5.76. The Hall–Kier alpha value is -4.49. The number of nitrogens with zero attached hydrogens (tertiary/aromatic N) is 5. The first-order valence-electron chi connectivity index (χ1n) is 10.9. The first-order valence-corrected chi connectivity index (χ1v) is 10.9. The van der Waals surface area contributed by atoms with Gasteiger partial charge >= 0.3 is 18.3 Å². The minimum absolute atomic E-state index is 0.113. The fourth-order valence-electron chi connectivity index (χ4n) is 4.12. The van der Waals surface area contributed by atoms with Gasteiger partial charge in [0.25, 0.3) is 5.78 Å². The summed E-state index contributed by atoms with van der Waals surface area (Å²) >= 11 is 0. The first-order chi connectivity index (χ1) is 17.5. The molecule has 0 bridgehead atoms. The number of aryl methyl sites for hydroxylation is 2. The molecule has 14 heteroatoms. The Labute approximate surface area is 205 Å². The standard InChI is InChI=1S/C23H18F4N6O4/c1-11-7-17(32(2)31-11)14-9-28-21(33-10-16(30-20(14)33)19(34)23(25,26)27)37-22(35)29-8-13-12-5-6-36-18(12)4-3-15(13)24/h3-4,7,9-10H,5-6,8H2,1-2H3,(H,29,35). The average molecular weight is 518 g/mol. The zero-order chi connectivity index (χ0) is 26.5. The molecule has 1 amide bonds. The molecule has 37 heavy (non-hydrogen) atoms. The number of ketones is 1. The number of nitrogens with one attached hydrogen (secondary N) is 1. The first kappa shape index (κ1) is 24.2. The molecule has 4 aromatic rings. The molecule has 1 aromatic carbocycles. The fraction of sp³-hybridized carbons (Fsp3) is 0.261. The SMILES string of the molecule is Cc1cc(-c2cnc(OC(=O)NCc3c(F)ccc4c3CCO4)n3cc(C(=O)C(F)(F)F)nc23)n(C)n1. The molecular formula is C23H18F4N6O4. The lowest BCUT2D eigenvalue weighted by Gasteiger charge is -2.11. The van der Waals surface area contributed by atoms with Crippen molar-refractivity contribution in [2.45, 2.75) is 26.1 Å². The summed E-state index contributed by atoms with van der Waals surface area (Å²) in [7, 11) is 1.62. The maximum Gasteiger partial charge on any atom is 0.456 e. The molecule has 5 rings (SSSR count). The molecule has 10 nitrogen and oxygen atoms in total. The fourth-order valence-corrected chi connectivity index (χ4v) is 4.12. The van der Waals surface area contributed by atoms with E-state index in [1.165, 1.54) is 23.0 Å². The molecule has 0 aliphatic carbocycles. The number of carbonyl (C=O) groups is 2. The highest BCUT2D eigenvalue weighted by Gasteiger charge is 2.41. The average Bonchev–Trinajstić information content (AvgIpc) is 3.56. The van der Waals surface area contributed by atoms with Gasteiger partial charge < -0.3 is 14.8 Å². The smallest absolute Gasteiger partial charge is 0.456 e. The van der Waals surface area contributed by atoms with E-state index in [1.54, 1.807) is 20.0 Å². The molecular weight excluding hydrogens is 500 g/mol. The molecule has 0 saturated carbocycles. The summed E-state index contributed by atoms with van der Waals surface area (Å²) in [6.07, 6.45) is -3.72. The molecule has 0 atom stereocenters. The van der Waals surface area contributed by atoms with Crippen LogP contribution >= 0.6 is 0 Å². The third-order valence-electron chi connectivity index (χ3n) is 5.76. The van der Waals surface area contributed by atoms with Gasteiger partial charge in [0.15, 0.2) is 5.65 Å². The summed E-state index contributed by atoms with van der Waals surface area (Å²) < 4.78 is 66.7. The van der Waals surface area contributed by atoms with Crippen LogP contribution in [0.2, 0.25) is 0 Å². The summed E-state index contributed by atoms with van der Waals surface area (Å²) in [6.45, 7) is 1.88. The Balaban J connectivity index is 1.47. The second-order valence-corrected chi connectivity index (χ2v) is 8.24. The molecule has 192 valence electrons. The Bertz CT molecular complexity index is 1560. The van der Waals surface area contributed by atoms with Crippen molar-refractivity contribution in [1.29, 1.82) is 0 Å². The van der Waals surface area contributed by atoms with Crippen molar-refractivity contribution in [3.63, 3.8) is 0 Å². The second-order valence-electron chi connectivity index (χ2n) is 8.24. The van der Waals surface area contributed by atoms with Crippen molar-refractivity contribution < 1.29 is 36.6 Å². The number of hydrogen-bond donors (Lipinski definition) is 1. The Morgan fingerprint density at radius 1 is 1.27 bits per heavy atom. The van der Waals surface area contributed by atoms with Gasteiger partial charge in [0.1, 0.15) is 17.3 Å². The van der Waals surface area contributed by atoms with Gasteiger partial charge in [-0.05, 0) is 25.1 Å². The van der Waals surface area contributed by atoms with E-state index < -0.39 is 35.6 Å². The number of alkyl halides is 3. The lowest BCUT2D eigenvalue weighted by molar-refractivity contribution is -0.0888. The van der Waals surface area contributed by atoms with Crippen molar-refractivity contribution in [2.24, 2.45) is 7.05 Å². The van der Waals surface area contributed by atoms with Crippen LogP contribution in [0.5, 0.6) is 11.8 Å². The topological polar surface area (TPSA) is 113 Å². The summed E-state index contributed by atoms with van der Waals surface area (Å²) in [5.41, 5.74) is 1.16. The number of Topliss-reactive ketones (excluding diaryl/α,β-unsaturated/α-hetero) is 1. The number of amides is 1. The Morgan fingerprint density at radius 2 is 2.05 bits per heavy atom. The lowest BCUT2D eigenvalue weighted by atomic mass is 10.0. The maximum atomic E-state index is 14.3. The monoisotopic (exact) mass is 518 g/mol. The normalized spacial score (nSPS) is 12.9. The highest BCUT2D eigenvalue weighted by molar-refractivity contribution is 5.99. The van der Waals surface area contributed by atoms with Gasteiger partial charge in [-0.25, -0.2) is 19.2 Å².